The third kappa shape index (κ3) is 11.1. The van der Waals surface area contributed by atoms with Crippen LogP contribution in [0, 0.1) is 0 Å². The molecule has 3 aromatic rings. The first-order chi connectivity index (χ1) is 22.1. The van der Waals surface area contributed by atoms with Gasteiger partial charge in [-0.05, 0) is 114 Å². The number of rotatable bonds is 11. The van der Waals surface area contributed by atoms with Crippen LogP contribution in [0.15, 0.2) is 85.9 Å². The van der Waals surface area contributed by atoms with Crippen LogP contribution in [-0.4, -0.2) is 58.8 Å². The number of hydrogen-bond donors (Lipinski definition) is 2. The lowest BCUT2D eigenvalue weighted by molar-refractivity contribution is 0.0581. The zero-order valence-corrected chi connectivity index (χ0v) is 28.1. The highest BCUT2D eigenvalue weighted by molar-refractivity contribution is 5.86. The first kappa shape index (κ1) is 35.9. The average molecular weight is 630 g/mol. The van der Waals surface area contributed by atoms with Gasteiger partial charge >= 0.3 is 6.09 Å². The Morgan fingerprint density at radius 3 is 2.39 bits per heavy atom. The molecule has 0 aliphatic carbocycles. The van der Waals surface area contributed by atoms with Gasteiger partial charge in [-0.25, -0.2) is 14.8 Å². The van der Waals surface area contributed by atoms with Crippen LogP contribution >= 0.6 is 0 Å². The molecule has 248 valence electrons. The molecule has 4 rings (SSSR count). The third-order valence-electron chi connectivity index (χ3n) is 7.23. The van der Waals surface area contributed by atoms with Gasteiger partial charge < -0.3 is 25.8 Å². The van der Waals surface area contributed by atoms with Gasteiger partial charge in [0.1, 0.15) is 23.3 Å². The first-order valence-electron chi connectivity index (χ1n) is 15.9. The predicted octanol–water partition coefficient (Wildman–Crippen LogP) is 7.06. The number of aromatic nitrogens is 2. The van der Waals surface area contributed by atoms with E-state index in [0.29, 0.717) is 18.1 Å². The molecule has 0 spiro atoms. The van der Waals surface area contributed by atoms with Gasteiger partial charge in [0, 0.05) is 50.8 Å². The number of benzene rings is 1. The lowest BCUT2D eigenvalue weighted by Gasteiger charge is -2.32. The molecule has 1 saturated heterocycles. The fourth-order valence-corrected chi connectivity index (χ4v) is 4.96. The summed E-state index contributed by atoms with van der Waals surface area (Å²) in [6, 6.07) is 15.8. The van der Waals surface area contributed by atoms with E-state index in [2.05, 4.69) is 38.5 Å². The van der Waals surface area contributed by atoms with Gasteiger partial charge in [0.15, 0.2) is 5.82 Å². The highest BCUT2D eigenvalue weighted by Gasteiger charge is 2.24. The molecule has 46 heavy (non-hydrogen) atoms. The zero-order valence-electron chi connectivity index (χ0n) is 28.1. The molecule has 0 bridgehead atoms. The van der Waals surface area contributed by atoms with Crippen molar-refractivity contribution in [2.45, 2.75) is 72.1 Å². The van der Waals surface area contributed by atoms with Gasteiger partial charge in [-0.2, -0.15) is 0 Å². The lowest BCUT2D eigenvalue weighted by Crippen LogP contribution is -2.38. The molecule has 1 aliphatic heterocycles. The Labute approximate surface area is 274 Å². The summed E-state index contributed by atoms with van der Waals surface area (Å²) in [6.45, 7) is 17.1. The molecule has 10 nitrogen and oxygen atoms in total. The fraction of sp³-hybridized carbons (Fsp3) is 0.417. The monoisotopic (exact) mass is 629 g/mol. The number of nitrogens with zero attached hydrogens (tertiary/aromatic N) is 5. The molecule has 1 aliphatic rings. The Morgan fingerprint density at radius 1 is 1.11 bits per heavy atom. The van der Waals surface area contributed by atoms with Crippen LogP contribution in [0.25, 0.3) is 0 Å². The Balaban J connectivity index is 0.00000136. The summed E-state index contributed by atoms with van der Waals surface area (Å²) >= 11 is 0. The maximum absolute atomic E-state index is 12.7. The van der Waals surface area contributed by atoms with E-state index in [-0.39, 0.29) is 12.2 Å². The van der Waals surface area contributed by atoms with Crippen molar-refractivity contribution >= 4 is 29.1 Å². The van der Waals surface area contributed by atoms with E-state index in [1.807, 2.05) is 77.1 Å². The Bertz CT molecular complexity index is 1390. The topological polar surface area (TPSA) is 123 Å². The van der Waals surface area contributed by atoms with E-state index in [1.54, 1.807) is 23.4 Å². The number of likely N-dealkylation sites (tertiary alicyclic amines) is 1. The van der Waals surface area contributed by atoms with Gasteiger partial charge in [0.25, 0.3) is 0 Å². The van der Waals surface area contributed by atoms with E-state index >= 15 is 0 Å². The number of carbonyl (C=O) groups excluding carboxylic acids is 1. The number of amides is 1. The zero-order chi connectivity index (χ0) is 33.5. The van der Waals surface area contributed by atoms with Crippen molar-refractivity contribution in [1.29, 1.82) is 0 Å². The molecular formula is C36H51N7O3. The van der Waals surface area contributed by atoms with E-state index in [1.165, 1.54) is 6.20 Å². The number of allylic oxidation sites excluding steroid dienone is 1. The highest BCUT2D eigenvalue weighted by atomic mass is 16.6. The molecule has 0 atom stereocenters. The average Bonchev–Trinajstić information content (AvgIpc) is 3.03. The van der Waals surface area contributed by atoms with Crippen LogP contribution < -0.4 is 26.0 Å². The highest BCUT2D eigenvalue weighted by Crippen LogP contribution is 2.30. The minimum atomic E-state index is -0.559. The summed E-state index contributed by atoms with van der Waals surface area (Å²) in [5, 5.41) is 0. The summed E-state index contributed by atoms with van der Waals surface area (Å²) in [7, 11) is 0. The number of ether oxygens (including phenoxy) is 2. The van der Waals surface area contributed by atoms with Crippen LogP contribution in [-0.2, 0) is 11.3 Å². The molecule has 0 unspecified atom stereocenters. The molecule has 3 heterocycles. The van der Waals surface area contributed by atoms with Crippen molar-refractivity contribution in [3.63, 3.8) is 0 Å². The van der Waals surface area contributed by atoms with Crippen LogP contribution in [0.2, 0.25) is 0 Å². The molecule has 1 amide bonds. The van der Waals surface area contributed by atoms with Crippen LogP contribution in [0.1, 0.15) is 59.4 Å². The Kier molecular flexibility index (Phi) is 13.9. The summed E-state index contributed by atoms with van der Waals surface area (Å²) in [5.74, 6) is 2.21. The largest absolute Gasteiger partial charge is 0.490 e. The first-order valence-corrected chi connectivity index (χ1v) is 15.9. The van der Waals surface area contributed by atoms with Crippen molar-refractivity contribution in [1.82, 2.24) is 14.9 Å². The molecule has 0 radical (unpaired) electrons. The lowest BCUT2D eigenvalue weighted by atomic mass is 10.1. The normalized spacial score (nSPS) is 13.8. The Hall–Kier alpha value is -4.57. The minimum absolute atomic E-state index is 0.158. The summed E-state index contributed by atoms with van der Waals surface area (Å²) < 4.78 is 11.9. The van der Waals surface area contributed by atoms with Gasteiger partial charge in [-0.15, -0.1) is 6.58 Å². The maximum Gasteiger partial charge on any atom is 0.415 e. The van der Waals surface area contributed by atoms with Crippen molar-refractivity contribution in [3.8, 4) is 5.75 Å². The summed E-state index contributed by atoms with van der Waals surface area (Å²) in [5.41, 5.74) is 13.3. The van der Waals surface area contributed by atoms with Gasteiger partial charge in [-0.1, -0.05) is 12.2 Å². The summed E-state index contributed by atoms with van der Waals surface area (Å²) in [4.78, 5) is 27.7. The molecular weight excluding hydrogens is 578 g/mol. The molecule has 4 N–H and O–H groups in total. The molecule has 1 aromatic carbocycles. The maximum atomic E-state index is 12.7. The van der Waals surface area contributed by atoms with E-state index in [4.69, 9.17) is 20.9 Å². The second-order valence-corrected chi connectivity index (χ2v) is 12.0. The van der Waals surface area contributed by atoms with E-state index in [9.17, 15) is 4.79 Å². The van der Waals surface area contributed by atoms with Crippen molar-refractivity contribution in [2.75, 3.05) is 41.7 Å². The molecule has 1 fully saturated rings. The van der Waals surface area contributed by atoms with Crippen LogP contribution in [0.5, 0.6) is 5.75 Å². The van der Waals surface area contributed by atoms with E-state index in [0.717, 1.165) is 68.3 Å². The van der Waals surface area contributed by atoms with Gasteiger partial charge in [0.05, 0.1) is 5.69 Å². The third-order valence-corrected chi connectivity index (χ3v) is 7.23. The number of pyridine rings is 2. The SMILES string of the molecule is C/C=C\N.C=CCCN(c1ccc(OC2CCN(Cc3ccnc(N(CC)C(=O)OC(C)(C)C)c3)CC2)cc1)c1ncccc1N. The van der Waals surface area contributed by atoms with Crippen LogP contribution in [0.4, 0.5) is 27.8 Å². The number of nitrogens with two attached hydrogens (primary N) is 2. The molecule has 0 saturated carbocycles. The van der Waals surface area contributed by atoms with Gasteiger partial charge in [-0.3, -0.25) is 9.80 Å². The Morgan fingerprint density at radius 2 is 1.80 bits per heavy atom. The number of nitrogen functional groups attached to an aromatic ring is 1. The van der Waals surface area contributed by atoms with Gasteiger partial charge in [0.2, 0.25) is 0 Å². The minimum Gasteiger partial charge on any atom is -0.490 e. The quantitative estimate of drug-likeness (QED) is 0.215. The summed E-state index contributed by atoms with van der Waals surface area (Å²) in [6.07, 6.45) is 11.2. The number of carbonyl (C=O) groups is 1. The van der Waals surface area contributed by atoms with Crippen LogP contribution in [0.3, 0.4) is 0 Å². The van der Waals surface area contributed by atoms with Crippen molar-refractivity contribution < 1.29 is 14.3 Å². The number of piperidine rings is 1. The number of anilines is 4. The smallest absolute Gasteiger partial charge is 0.415 e. The van der Waals surface area contributed by atoms with E-state index < -0.39 is 5.60 Å². The fourth-order valence-electron chi connectivity index (χ4n) is 4.96. The second-order valence-electron chi connectivity index (χ2n) is 12.0. The molecule has 2 aromatic heterocycles. The standard InChI is InChI=1S/C33H44N6O3.C3H7N/c1-6-8-20-39(31-29(34)10-9-18-36-31)26-11-13-27(14-12-26)41-28-16-21-37(22-17-28)24-25-15-19-35-30(23-25)38(7-2)32(40)42-33(3,4)5;1-2-3-4/h6,9-15,18-19,23,28H,1,7-8,16-17,20-22,24,34H2,2-5H3;2-3H,4H2,1H3/b;3-2-. The second kappa shape index (κ2) is 17.8. The number of hydrogen-bond acceptors (Lipinski definition) is 9. The predicted molar refractivity (Wildman–Crippen MR) is 188 cm³/mol. The van der Waals surface area contributed by atoms with Crippen molar-refractivity contribution in [3.05, 3.63) is 91.4 Å². The molecule has 10 heteroatoms. The van der Waals surface area contributed by atoms with Crippen molar-refractivity contribution in [2.24, 2.45) is 5.73 Å².